The number of halogens is 2. The first kappa shape index (κ1) is 9.48. The summed E-state index contributed by atoms with van der Waals surface area (Å²) in [4.78, 5) is 0. The second kappa shape index (κ2) is 3.41. The molecule has 66 valence electrons. The lowest BCUT2D eigenvalue weighted by molar-refractivity contribution is 0.194. The molecule has 0 radical (unpaired) electrons. The predicted octanol–water partition coefficient (Wildman–Crippen LogP) is 2.35. The Morgan fingerprint density at radius 3 is 2.58 bits per heavy atom. The van der Waals surface area contributed by atoms with Crippen LogP contribution in [0.25, 0.3) is 0 Å². The standard InChI is InChI=1S/C8H8BrFO2/c1-4(11)5-2-6(9)8(12)3-7(5)10/h2-4,11-12H,1H3. The van der Waals surface area contributed by atoms with Gasteiger partial charge < -0.3 is 10.2 Å². The first-order valence-electron chi connectivity index (χ1n) is 3.38. The number of rotatable bonds is 1. The van der Waals surface area contributed by atoms with E-state index in [0.29, 0.717) is 4.47 Å². The maximum absolute atomic E-state index is 12.9. The van der Waals surface area contributed by atoms with Crippen LogP contribution in [0.2, 0.25) is 0 Å². The molecule has 12 heavy (non-hydrogen) atoms. The predicted molar refractivity (Wildman–Crippen MR) is 46.4 cm³/mol. The minimum absolute atomic E-state index is 0.166. The highest BCUT2D eigenvalue weighted by molar-refractivity contribution is 9.10. The maximum atomic E-state index is 12.9. The summed E-state index contributed by atoms with van der Waals surface area (Å²) in [5.74, 6) is -0.775. The van der Waals surface area contributed by atoms with Crippen molar-refractivity contribution in [2.24, 2.45) is 0 Å². The van der Waals surface area contributed by atoms with Crippen molar-refractivity contribution in [1.82, 2.24) is 0 Å². The smallest absolute Gasteiger partial charge is 0.132 e. The third-order valence-electron chi connectivity index (χ3n) is 1.52. The molecule has 0 aliphatic carbocycles. The van der Waals surface area contributed by atoms with Crippen LogP contribution in [0.15, 0.2) is 16.6 Å². The SMILES string of the molecule is CC(O)c1cc(Br)c(O)cc1F. The van der Waals surface area contributed by atoms with Gasteiger partial charge in [-0.2, -0.15) is 0 Å². The van der Waals surface area contributed by atoms with Crippen LogP contribution < -0.4 is 0 Å². The number of aliphatic hydroxyl groups excluding tert-OH is 1. The highest BCUT2D eigenvalue weighted by Gasteiger charge is 2.11. The van der Waals surface area contributed by atoms with Gasteiger partial charge in [-0.3, -0.25) is 0 Å². The Morgan fingerprint density at radius 1 is 1.50 bits per heavy atom. The number of benzene rings is 1. The second-order valence-corrected chi connectivity index (χ2v) is 3.36. The quantitative estimate of drug-likeness (QED) is 0.784. The minimum Gasteiger partial charge on any atom is -0.507 e. The summed E-state index contributed by atoms with van der Waals surface area (Å²) in [6.45, 7) is 1.46. The number of phenols is 1. The molecule has 0 aliphatic rings. The van der Waals surface area contributed by atoms with E-state index in [4.69, 9.17) is 10.2 Å². The van der Waals surface area contributed by atoms with Crippen LogP contribution in [0.4, 0.5) is 4.39 Å². The average Bonchev–Trinajstić information content (AvgIpc) is 1.96. The molecule has 0 aromatic heterocycles. The van der Waals surface area contributed by atoms with Crippen molar-refractivity contribution in [2.45, 2.75) is 13.0 Å². The van der Waals surface area contributed by atoms with E-state index in [1.54, 1.807) is 0 Å². The minimum atomic E-state index is -0.873. The van der Waals surface area contributed by atoms with Crippen LogP contribution in [0.1, 0.15) is 18.6 Å². The molecule has 0 amide bonds. The van der Waals surface area contributed by atoms with Crippen LogP contribution in [0.3, 0.4) is 0 Å². The van der Waals surface area contributed by atoms with E-state index >= 15 is 0 Å². The first-order chi connectivity index (χ1) is 5.52. The fraction of sp³-hybridized carbons (Fsp3) is 0.250. The van der Waals surface area contributed by atoms with Gasteiger partial charge in [-0.05, 0) is 28.9 Å². The topological polar surface area (TPSA) is 40.5 Å². The molecule has 1 aromatic rings. The Balaban J connectivity index is 3.23. The van der Waals surface area contributed by atoms with Gasteiger partial charge in [-0.25, -0.2) is 4.39 Å². The summed E-state index contributed by atoms with van der Waals surface area (Å²) in [6.07, 6.45) is -0.873. The molecule has 2 N–H and O–H groups in total. The number of aromatic hydroxyl groups is 1. The highest BCUT2D eigenvalue weighted by atomic mass is 79.9. The van der Waals surface area contributed by atoms with Gasteiger partial charge in [0.05, 0.1) is 10.6 Å². The number of phenolic OH excluding ortho intramolecular Hbond substituents is 1. The van der Waals surface area contributed by atoms with Crippen LogP contribution in [0, 0.1) is 5.82 Å². The van der Waals surface area contributed by atoms with Crippen molar-refractivity contribution in [1.29, 1.82) is 0 Å². The summed E-state index contributed by atoms with van der Waals surface area (Å²) in [5.41, 5.74) is 0.166. The van der Waals surface area contributed by atoms with Crippen molar-refractivity contribution >= 4 is 15.9 Å². The Labute approximate surface area is 77.8 Å². The molecule has 0 heterocycles. The average molecular weight is 235 g/mol. The molecular formula is C8H8BrFO2. The van der Waals surface area contributed by atoms with Crippen LogP contribution in [-0.2, 0) is 0 Å². The zero-order chi connectivity index (χ0) is 9.30. The van der Waals surface area contributed by atoms with Crippen molar-refractivity contribution < 1.29 is 14.6 Å². The molecule has 2 nitrogen and oxygen atoms in total. The lowest BCUT2D eigenvalue weighted by Crippen LogP contribution is -1.95. The molecule has 1 unspecified atom stereocenters. The molecule has 0 aliphatic heterocycles. The van der Waals surface area contributed by atoms with Gasteiger partial charge in [0.15, 0.2) is 0 Å². The Morgan fingerprint density at radius 2 is 2.08 bits per heavy atom. The van der Waals surface area contributed by atoms with E-state index in [0.717, 1.165) is 6.07 Å². The molecule has 1 atom stereocenters. The monoisotopic (exact) mass is 234 g/mol. The molecule has 0 saturated heterocycles. The molecule has 0 spiro atoms. The van der Waals surface area contributed by atoms with Gasteiger partial charge in [0.25, 0.3) is 0 Å². The highest BCUT2D eigenvalue weighted by Crippen LogP contribution is 2.29. The summed E-state index contributed by atoms with van der Waals surface area (Å²) in [5, 5.41) is 18.1. The third-order valence-corrected chi connectivity index (χ3v) is 2.15. The Bertz CT molecular complexity index is 299. The van der Waals surface area contributed by atoms with Gasteiger partial charge in [-0.1, -0.05) is 0 Å². The van der Waals surface area contributed by atoms with E-state index in [1.807, 2.05) is 0 Å². The van der Waals surface area contributed by atoms with Gasteiger partial charge in [-0.15, -0.1) is 0 Å². The van der Waals surface area contributed by atoms with Gasteiger partial charge in [0.1, 0.15) is 11.6 Å². The first-order valence-corrected chi connectivity index (χ1v) is 4.17. The largest absolute Gasteiger partial charge is 0.507 e. The van der Waals surface area contributed by atoms with E-state index in [-0.39, 0.29) is 11.3 Å². The van der Waals surface area contributed by atoms with Gasteiger partial charge >= 0.3 is 0 Å². The number of hydrogen-bond acceptors (Lipinski definition) is 2. The van der Waals surface area contributed by atoms with E-state index in [1.165, 1.54) is 13.0 Å². The zero-order valence-electron chi connectivity index (χ0n) is 6.38. The fourth-order valence-electron chi connectivity index (χ4n) is 0.872. The summed E-state index contributed by atoms with van der Waals surface area (Å²) >= 11 is 3.02. The van der Waals surface area contributed by atoms with E-state index in [2.05, 4.69) is 15.9 Å². The van der Waals surface area contributed by atoms with Crippen molar-refractivity contribution in [2.75, 3.05) is 0 Å². The van der Waals surface area contributed by atoms with E-state index in [9.17, 15) is 4.39 Å². The molecule has 1 aromatic carbocycles. The lowest BCUT2D eigenvalue weighted by atomic mass is 10.1. The Kier molecular flexibility index (Phi) is 2.69. The van der Waals surface area contributed by atoms with Crippen LogP contribution in [-0.4, -0.2) is 10.2 Å². The van der Waals surface area contributed by atoms with Gasteiger partial charge in [0.2, 0.25) is 0 Å². The number of hydrogen-bond donors (Lipinski definition) is 2. The molecular weight excluding hydrogens is 227 g/mol. The van der Waals surface area contributed by atoms with Crippen molar-refractivity contribution in [3.63, 3.8) is 0 Å². The molecule has 4 heteroatoms. The third kappa shape index (κ3) is 1.76. The van der Waals surface area contributed by atoms with Crippen molar-refractivity contribution in [3.8, 4) is 5.75 Å². The van der Waals surface area contributed by atoms with Gasteiger partial charge in [0, 0.05) is 11.6 Å². The zero-order valence-corrected chi connectivity index (χ0v) is 7.97. The molecule has 0 fully saturated rings. The Hall–Kier alpha value is -0.610. The normalized spacial score (nSPS) is 13.0. The molecule has 0 bridgehead atoms. The summed E-state index contributed by atoms with van der Waals surface area (Å²) in [7, 11) is 0. The fourth-order valence-corrected chi connectivity index (χ4v) is 1.23. The molecule has 1 rings (SSSR count). The maximum Gasteiger partial charge on any atom is 0.132 e. The van der Waals surface area contributed by atoms with Crippen LogP contribution >= 0.6 is 15.9 Å². The summed E-state index contributed by atoms with van der Waals surface area (Å²) in [6, 6.07) is 2.32. The molecule has 0 saturated carbocycles. The number of aliphatic hydroxyl groups is 1. The van der Waals surface area contributed by atoms with E-state index < -0.39 is 11.9 Å². The van der Waals surface area contributed by atoms with Crippen molar-refractivity contribution in [3.05, 3.63) is 28.0 Å². The lowest BCUT2D eigenvalue weighted by Gasteiger charge is -2.07. The van der Waals surface area contributed by atoms with Crippen LogP contribution in [0.5, 0.6) is 5.75 Å². The summed E-state index contributed by atoms with van der Waals surface area (Å²) < 4.78 is 13.3. The second-order valence-electron chi connectivity index (χ2n) is 2.50.